The lowest BCUT2D eigenvalue weighted by Gasteiger charge is -2.18. The van der Waals surface area contributed by atoms with Crippen LogP contribution in [0.15, 0.2) is 59.1 Å². The lowest BCUT2D eigenvalue weighted by atomic mass is 10.1. The van der Waals surface area contributed by atoms with Gasteiger partial charge in [-0.2, -0.15) is 0 Å². The maximum atomic E-state index is 12.4. The molecule has 1 fully saturated rings. The Morgan fingerprint density at radius 3 is 2.42 bits per heavy atom. The molecule has 0 spiro atoms. The summed E-state index contributed by atoms with van der Waals surface area (Å²) in [5.41, 5.74) is 1.23. The molecule has 6 heteroatoms. The van der Waals surface area contributed by atoms with Crippen LogP contribution in [0.25, 0.3) is 0 Å². The number of benzene rings is 2. The van der Waals surface area contributed by atoms with Gasteiger partial charge < -0.3 is 9.64 Å². The monoisotopic (exact) mass is 415 g/mol. The van der Waals surface area contributed by atoms with E-state index >= 15 is 0 Å². The Morgan fingerprint density at radius 1 is 1.12 bits per heavy atom. The van der Waals surface area contributed by atoms with Gasteiger partial charge in [-0.15, -0.1) is 0 Å². The van der Waals surface area contributed by atoms with Crippen molar-refractivity contribution in [1.82, 2.24) is 0 Å². The number of nitrogens with zero attached hydrogens (tertiary/aromatic N) is 1. The van der Waals surface area contributed by atoms with Crippen molar-refractivity contribution < 1.29 is 19.1 Å². The van der Waals surface area contributed by atoms with E-state index in [0.717, 1.165) is 10.2 Å². The summed E-state index contributed by atoms with van der Waals surface area (Å²) in [7, 11) is 0. The van der Waals surface area contributed by atoms with Crippen LogP contribution in [-0.2, 0) is 14.3 Å². The first-order valence-corrected chi connectivity index (χ1v) is 9.10. The number of rotatable bonds is 5. The number of ketones is 1. The zero-order valence-electron chi connectivity index (χ0n) is 14.2. The predicted molar refractivity (Wildman–Crippen MR) is 101 cm³/mol. The molecular weight excluding hydrogens is 398 g/mol. The molecule has 0 saturated carbocycles. The minimum atomic E-state index is -0.887. The van der Waals surface area contributed by atoms with E-state index < -0.39 is 18.0 Å². The highest BCUT2D eigenvalue weighted by Crippen LogP contribution is 2.27. The molecule has 134 valence electrons. The Kier molecular flexibility index (Phi) is 5.52. The largest absolute Gasteiger partial charge is 0.454 e. The van der Waals surface area contributed by atoms with Crippen molar-refractivity contribution in [2.75, 3.05) is 11.4 Å². The molecule has 3 rings (SSSR count). The third-order valence-electron chi connectivity index (χ3n) is 4.32. The van der Waals surface area contributed by atoms with Crippen molar-refractivity contribution in [2.45, 2.75) is 19.4 Å². The maximum absolute atomic E-state index is 12.4. The van der Waals surface area contributed by atoms with E-state index in [1.54, 1.807) is 36.1 Å². The highest BCUT2D eigenvalue weighted by atomic mass is 79.9. The van der Waals surface area contributed by atoms with E-state index in [2.05, 4.69) is 15.9 Å². The minimum Gasteiger partial charge on any atom is -0.454 e. The molecule has 2 aromatic rings. The number of carbonyl (C=O) groups excluding carboxylic acids is 3. The number of esters is 1. The van der Waals surface area contributed by atoms with Crippen LogP contribution in [0.3, 0.4) is 0 Å². The van der Waals surface area contributed by atoms with Gasteiger partial charge in [-0.05, 0) is 31.2 Å². The quantitative estimate of drug-likeness (QED) is 0.552. The summed E-state index contributed by atoms with van der Waals surface area (Å²) in [6.07, 6.45) is -0.803. The molecule has 2 aromatic carbocycles. The normalized spacial score (nSPS) is 17.8. The van der Waals surface area contributed by atoms with Gasteiger partial charge in [0.15, 0.2) is 6.10 Å². The summed E-state index contributed by atoms with van der Waals surface area (Å²) in [6, 6.07) is 16.0. The second-order valence-electron chi connectivity index (χ2n) is 6.19. The SMILES string of the molecule is C[C@H](OC(=O)[C@H]1CC(=O)N(c2ccc(Br)cc2)C1)C(=O)c1ccccc1. The Bertz CT molecular complexity index is 819. The van der Waals surface area contributed by atoms with Crippen LogP contribution in [0.2, 0.25) is 0 Å². The van der Waals surface area contributed by atoms with Crippen LogP contribution < -0.4 is 4.90 Å². The molecule has 26 heavy (non-hydrogen) atoms. The molecule has 2 atom stereocenters. The number of carbonyl (C=O) groups is 3. The number of anilines is 1. The molecule has 0 aromatic heterocycles. The van der Waals surface area contributed by atoms with Crippen molar-refractivity contribution in [1.29, 1.82) is 0 Å². The van der Waals surface area contributed by atoms with Crippen molar-refractivity contribution in [2.24, 2.45) is 5.92 Å². The van der Waals surface area contributed by atoms with Gasteiger partial charge in [0.1, 0.15) is 0 Å². The Hall–Kier alpha value is -2.47. The van der Waals surface area contributed by atoms with Crippen LogP contribution in [0.4, 0.5) is 5.69 Å². The van der Waals surface area contributed by atoms with Crippen LogP contribution in [0.5, 0.6) is 0 Å². The number of amides is 1. The standard InChI is InChI=1S/C20H18BrNO4/c1-13(19(24)14-5-3-2-4-6-14)26-20(25)15-11-18(23)22(12-15)17-9-7-16(21)8-10-17/h2-10,13,15H,11-12H2,1H3/t13-,15-/m0/s1. The number of Topliss-reactive ketones (excluding diaryl/α,β-unsaturated/α-hetero) is 1. The molecule has 0 aliphatic carbocycles. The molecule has 1 amide bonds. The third-order valence-corrected chi connectivity index (χ3v) is 4.85. The van der Waals surface area contributed by atoms with Gasteiger partial charge in [-0.3, -0.25) is 14.4 Å². The van der Waals surface area contributed by atoms with E-state index in [-0.39, 0.29) is 24.7 Å². The van der Waals surface area contributed by atoms with Crippen molar-refractivity contribution in [3.8, 4) is 0 Å². The van der Waals surface area contributed by atoms with Crippen molar-refractivity contribution in [3.05, 3.63) is 64.6 Å². The number of hydrogen-bond donors (Lipinski definition) is 0. The van der Waals surface area contributed by atoms with Gasteiger partial charge in [-0.1, -0.05) is 46.3 Å². The minimum absolute atomic E-state index is 0.0845. The van der Waals surface area contributed by atoms with Gasteiger partial charge >= 0.3 is 5.97 Å². The van der Waals surface area contributed by atoms with Crippen LogP contribution in [0.1, 0.15) is 23.7 Å². The Balaban J connectivity index is 1.63. The molecule has 0 radical (unpaired) electrons. The molecule has 5 nitrogen and oxygen atoms in total. The molecule has 1 heterocycles. The van der Waals surface area contributed by atoms with Gasteiger partial charge in [0, 0.05) is 28.7 Å². The fraction of sp³-hybridized carbons (Fsp3) is 0.250. The maximum Gasteiger partial charge on any atom is 0.312 e. The zero-order valence-corrected chi connectivity index (χ0v) is 15.8. The van der Waals surface area contributed by atoms with E-state index in [1.807, 2.05) is 30.3 Å². The molecular formula is C20H18BrNO4. The van der Waals surface area contributed by atoms with Gasteiger partial charge in [0.2, 0.25) is 11.7 Å². The highest BCUT2D eigenvalue weighted by Gasteiger charge is 2.37. The van der Waals surface area contributed by atoms with E-state index in [0.29, 0.717) is 5.56 Å². The summed E-state index contributed by atoms with van der Waals surface area (Å²) in [5.74, 6) is -1.48. The molecule has 1 aliphatic heterocycles. The van der Waals surface area contributed by atoms with Crippen LogP contribution in [0, 0.1) is 5.92 Å². The summed E-state index contributed by atoms with van der Waals surface area (Å²) in [4.78, 5) is 38.6. The van der Waals surface area contributed by atoms with Gasteiger partial charge in [0.25, 0.3) is 0 Å². The first kappa shape index (κ1) is 18.3. The zero-order chi connectivity index (χ0) is 18.7. The molecule has 0 unspecified atom stereocenters. The van der Waals surface area contributed by atoms with Crippen LogP contribution in [-0.4, -0.2) is 30.3 Å². The second-order valence-corrected chi connectivity index (χ2v) is 7.11. The summed E-state index contributed by atoms with van der Waals surface area (Å²) in [6.45, 7) is 1.81. The average Bonchev–Trinajstić information content (AvgIpc) is 3.04. The van der Waals surface area contributed by atoms with Crippen LogP contribution >= 0.6 is 15.9 Å². The van der Waals surface area contributed by atoms with E-state index in [4.69, 9.17) is 4.74 Å². The number of halogens is 1. The van der Waals surface area contributed by atoms with Crippen molar-refractivity contribution in [3.63, 3.8) is 0 Å². The average molecular weight is 416 g/mol. The lowest BCUT2D eigenvalue weighted by molar-refractivity contribution is -0.151. The fourth-order valence-electron chi connectivity index (χ4n) is 2.90. The summed E-state index contributed by atoms with van der Waals surface area (Å²) in [5, 5.41) is 0. The summed E-state index contributed by atoms with van der Waals surface area (Å²) >= 11 is 3.35. The fourth-order valence-corrected chi connectivity index (χ4v) is 3.16. The van der Waals surface area contributed by atoms with Crippen molar-refractivity contribution >= 4 is 39.3 Å². The van der Waals surface area contributed by atoms with E-state index in [9.17, 15) is 14.4 Å². The predicted octanol–water partition coefficient (Wildman–Crippen LogP) is 3.62. The number of ether oxygens (including phenoxy) is 1. The molecule has 1 saturated heterocycles. The first-order chi connectivity index (χ1) is 12.5. The lowest BCUT2D eigenvalue weighted by Crippen LogP contribution is -2.30. The third kappa shape index (κ3) is 4.02. The summed E-state index contributed by atoms with van der Waals surface area (Å²) < 4.78 is 6.24. The highest BCUT2D eigenvalue weighted by molar-refractivity contribution is 9.10. The Labute approximate surface area is 160 Å². The molecule has 0 bridgehead atoms. The topological polar surface area (TPSA) is 63.7 Å². The number of hydrogen-bond acceptors (Lipinski definition) is 4. The second kappa shape index (κ2) is 7.83. The smallest absolute Gasteiger partial charge is 0.312 e. The molecule has 1 aliphatic rings. The van der Waals surface area contributed by atoms with E-state index in [1.165, 1.54) is 0 Å². The molecule has 0 N–H and O–H groups in total. The van der Waals surface area contributed by atoms with Gasteiger partial charge in [-0.25, -0.2) is 0 Å². The Morgan fingerprint density at radius 2 is 1.77 bits per heavy atom. The first-order valence-electron chi connectivity index (χ1n) is 8.31. The van der Waals surface area contributed by atoms with Gasteiger partial charge in [0.05, 0.1) is 5.92 Å².